The minimum atomic E-state index is 0.160. The Morgan fingerprint density at radius 1 is 1.13 bits per heavy atom. The van der Waals surface area contributed by atoms with Gasteiger partial charge < -0.3 is 5.32 Å². The third-order valence-corrected chi connectivity index (χ3v) is 4.15. The summed E-state index contributed by atoms with van der Waals surface area (Å²) in [4.78, 5) is 4.59. The molecule has 0 saturated carbocycles. The summed E-state index contributed by atoms with van der Waals surface area (Å²) in [7, 11) is 0. The van der Waals surface area contributed by atoms with Crippen LogP contribution in [0, 0.1) is 13.8 Å². The van der Waals surface area contributed by atoms with Crippen LogP contribution in [0.25, 0.3) is 10.9 Å². The monoisotopic (exact) mass is 302 g/mol. The quantitative estimate of drug-likeness (QED) is 0.622. The Balaban J connectivity index is 2.02. The van der Waals surface area contributed by atoms with Crippen LogP contribution in [0.3, 0.4) is 0 Å². The highest BCUT2D eigenvalue weighted by Gasteiger charge is 2.14. The number of aromatic nitrogens is 1. The van der Waals surface area contributed by atoms with Gasteiger partial charge in [0.2, 0.25) is 0 Å². The molecule has 0 spiro atoms. The van der Waals surface area contributed by atoms with Crippen molar-refractivity contribution in [2.45, 2.75) is 26.3 Å². The lowest BCUT2D eigenvalue weighted by molar-refractivity contribution is 0.802. The summed E-state index contributed by atoms with van der Waals surface area (Å²) in [5.41, 5.74) is 5.96. The first-order valence-corrected chi connectivity index (χ1v) is 7.97. The normalized spacial score (nSPS) is 12.1. The number of nitrogens with one attached hydrogen (secondary N) is 1. The second-order valence-corrected chi connectivity index (χ2v) is 5.96. The maximum absolute atomic E-state index is 4.59. The SMILES string of the molecule is C=CCC(Nc1ccc(C)cc1C)c1cccc2cccnc12. The van der Waals surface area contributed by atoms with Gasteiger partial charge in [0.25, 0.3) is 0 Å². The lowest BCUT2D eigenvalue weighted by Crippen LogP contribution is -2.12. The van der Waals surface area contributed by atoms with Gasteiger partial charge in [-0.2, -0.15) is 0 Å². The van der Waals surface area contributed by atoms with E-state index in [0.717, 1.165) is 17.6 Å². The number of hydrogen-bond donors (Lipinski definition) is 1. The van der Waals surface area contributed by atoms with Crippen LogP contribution in [0.5, 0.6) is 0 Å². The van der Waals surface area contributed by atoms with E-state index in [4.69, 9.17) is 0 Å². The second-order valence-electron chi connectivity index (χ2n) is 5.96. The van der Waals surface area contributed by atoms with Crippen LogP contribution < -0.4 is 5.32 Å². The largest absolute Gasteiger partial charge is 0.378 e. The fourth-order valence-electron chi connectivity index (χ4n) is 3.00. The van der Waals surface area contributed by atoms with E-state index in [1.807, 2.05) is 18.3 Å². The average Bonchev–Trinajstić information content (AvgIpc) is 2.56. The minimum Gasteiger partial charge on any atom is -0.378 e. The fraction of sp³-hybridized carbons (Fsp3) is 0.190. The summed E-state index contributed by atoms with van der Waals surface area (Å²) in [5.74, 6) is 0. The Morgan fingerprint density at radius 2 is 1.96 bits per heavy atom. The van der Waals surface area contributed by atoms with Gasteiger partial charge in [-0.25, -0.2) is 0 Å². The van der Waals surface area contributed by atoms with Crippen molar-refractivity contribution < 1.29 is 0 Å². The number of nitrogens with zero attached hydrogens (tertiary/aromatic N) is 1. The first-order chi connectivity index (χ1) is 11.2. The smallest absolute Gasteiger partial charge is 0.0754 e. The molecule has 0 saturated heterocycles. The summed E-state index contributed by atoms with van der Waals surface area (Å²) in [6.07, 6.45) is 4.67. The zero-order valence-corrected chi connectivity index (χ0v) is 13.7. The molecule has 0 fully saturated rings. The summed E-state index contributed by atoms with van der Waals surface area (Å²) in [6, 6.07) is 17.1. The molecule has 1 aromatic heterocycles. The van der Waals surface area contributed by atoms with Gasteiger partial charge in [-0.1, -0.05) is 48.0 Å². The van der Waals surface area contributed by atoms with Crippen molar-refractivity contribution in [1.82, 2.24) is 4.98 Å². The number of fused-ring (bicyclic) bond motifs is 1. The van der Waals surface area contributed by atoms with Gasteiger partial charge in [-0.15, -0.1) is 6.58 Å². The number of anilines is 1. The second kappa shape index (κ2) is 6.66. The van der Waals surface area contributed by atoms with E-state index in [1.165, 1.54) is 22.1 Å². The van der Waals surface area contributed by atoms with E-state index in [1.54, 1.807) is 0 Å². The third-order valence-electron chi connectivity index (χ3n) is 4.15. The molecule has 0 aliphatic carbocycles. The van der Waals surface area contributed by atoms with E-state index in [-0.39, 0.29) is 6.04 Å². The van der Waals surface area contributed by atoms with Gasteiger partial charge in [0.15, 0.2) is 0 Å². The zero-order valence-electron chi connectivity index (χ0n) is 13.7. The highest BCUT2D eigenvalue weighted by atomic mass is 14.9. The molecule has 1 unspecified atom stereocenters. The Labute approximate surface area is 137 Å². The molecule has 3 rings (SSSR count). The molecule has 0 aliphatic rings. The van der Waals surface area contributed by atoms with Crippen LogP contribution in [0.2, 0.25) is 0 Å². The van der Waals surface area contributed by atoms with Crippen molar-refractivity contribution in [3.8, 4) is 0 Å². The molecule has 1 heterocycles. The molecule has 2 heteroatoms. The van der Waals surface area contributed by atoms with E-state index in [9.17, 15) is 0 Å². The van der Waals surface area contributed by atoms with Crippen molar-refractivity contribution in [2.75, 3.05) is 5.32 Å². The Morgan fingerprint density at radius 3 is 2.74 bits per heavy atom. The lowest BCUT2D eigenvalue weighted by Gasteiger charge is -2.22. The molecule has 2 nitrogen and oxygen atoms in total. The number of pyridine rings is 1. The van der Waals surface area contributed by atoms with Gasteiger partial charge in [0.1, 0.15) is 0 Å². The van der Waals surface area contributed by atoms with Crippen molar-refractivity contribution in [3.05, 3.63) is 84.1 Å². The standard InChI is InChI=1S/C21H22N2/c1-4-7-20(23-19-12-11-15(2)14-16(19)3)18-10-5-8-17-9-6-13-22-21(17)18/h4-6,8-14,20,23H,1,7H2,2-3H3. The third kappa shape index (κ3) is 3.26. The summed E-state index contributed by atoms with van der Waals surface area (Å²) in [5, 5.41) is 4.84. The van der Waals surface area contributed by atoms with Crippen molar-refractivity contribution in [2.24, 2.45) is 0 Å². The van der Waals surface area contributed by atoms with E-state index in [2.05, 4.69) is 73.2 Å². The predicted molar refractivity (Wildman–Crippen MR) is 98.8 cm³/mol. The molecular formula is C21H22N2. The Hall–Kier alpha value is -2.61. The molecule has 2 aromatic carbocycles. The van der Waals surface area contributed by atoms with Crippen molar-refractivity contribution >= 4 is 16.6 Å². The molecule has 0 bridgehead atoms. The number of benzene rings is 2. The van der Waals surface area contributed by atoms with E-state index in [0.29, 0.717) is 0 Å². The molecule has 0 radical (unpaired) electrons. The molecular weight excluding hydrogens is 280 g/mol. The Kier molecular flexibility index (Phi) is 4.42. The zero-order chi connectivity index (χ0) is 16.2. The highest BCUT2D eigenvalue weighted by molar-refractivity contribution is 5.82. The van der Waals surface area contributed by atoms with Gasteiger partial charge in [0.05, 0.1) is 11.6 Å². The maximum Gasteiger partial charge on any atom is 0.0754 e. The first-order valence-electron chi connectivity index (χ1n) is 7.97. The molecule has 1 N–H and O–H groups in total. The average molecular weight is 302 g/mol. The van der Waals surface area contributed by atoms with Crippen LogP contribution in [0.15, 0.2) is 67.4 Å². The number of aryl methyl sites for hydroxylation is 2. The van der Waals surface area contributed by atoms with Crippen LogP contribution in [-0.2, 0) is 0 Å². The number of para-hydroxylation sites is 1. The molecule has 1 atom stereocenters. The van der Waals surface area contributed by atoms with Gasteiger partial charge in [-0.3, -0.25) is 4.98 Å². The molecule has 0 amide bonds. The van der Waals surface area contributed by atoms with Crippen LogP contribution in [0.1, 0.15) is 29.2 Å². The number of hydrogen-bond acceptors (Lipinski definition) is 2. The lowest BCUT2D eigenvalue weighted by atomic mass is 9.99. The minimum absolute atomic E-state index is 0.160. The van der Waals surface area contributed by atoms with Gasteiger partial charge in [-0.05, 0) is 38.0 Å². The maximum atomic E-state index is 4.59. The van der Waals surface area contributed by atoms with Gasteiger partial charge in [0, 0.05) is 22.8 Å². The predicted octanol–water partition coefficient (Wildman–Crippen LogP) is 5.58. The van der Waals surface area contributed by atoms with E-state index < -0.39 is 0 Å². The van der Waals surface area contributed by atoms with Crippen LogP contribution in [0.4, 0.5) is 5.69 Å². The number of rotatable bonds is 5. The molecule has 3 aromatic rings. The Bertz CT molecular complexity index is 831. The van der Waals surface area contributed by atoms with Crippen LogP contribution in [-0.4, -0.2) is 4.98 Å². The molecule has 23 heavy (non-hydrogen) atoms. The first kappa shape index (κ1) is 15.3. The topological polar surface area (TPSA) is 24.9 Å². The van der Waals surface area contributed by atoms with E-state index >= 15 is 0 Å². The summed E-state index contributed by atoms with van der Waals surface area (Å²) in [6.45, 7) is 8.18. The summed E-state index contributed by atoms with van der Waals surface area (Å²) >= 11 is 0. The molecule has 116 valence electrons. The summed E-state index contributed by atoms with van der Waals surface area (Å²) < 4.78 is 0. The van der Waals surface area contributed by atoms with Crippen molar-refractivity contribution in [1.29, 1.82) is 0 Å². The molecule has 0 aliphatic heterocycles. The van der Waals surface area contributed by atoms with Crippen LogP contribution >= 0.6 is 0 Å². The fourth-order valence-corrected chi connectivity index (χ4v) is 3.00. The van der Waals surface area contributed by atoms with Crippen molar-refractivity contribution in [3.63, 3.8) is 0 Å². The highest BCUT2D eigenvalue weighted by Crippen LogP contribution is 2.29. The van der Waals surface area contributed by atoms with Gasteiger partial charge >= 0.3 is 0 Å².